The smallest absolute Gasteiger partial charge is 0.306 e. The summed E-state index contributed by atoms with van der Waals surface area (Å²) in [4.78, 5) is 23.3. The second kappa shape index (κ2) is 11.6. The molecule has 1 unspecified atom stereocenters. The van der Waals surface area contributed by atoms with Crippen LogP contribution in [0.3, 0.4) is 0 Å². The van der Waals surface area contributed by atoms with Crippen LogP contribution < -0.4 is 0 Å². The van der Waals surface area contributed by atoms with Gasteiger partial charge in [0.05, 0.1) is 25.0 Å². The van der Waals surface area contributed by atoms with Crippen LogP contribution >= 0.6 is 0 Å². The third kappa shape index (κ3) is 8.09. The van der Waals surface area contributed by atoms with Gasteiger partial charge in [0.1, 0.15) is 17.7 Å². The first-order valence-electron chi connectivity index (χ1n) is 8.74. The van der Waals surface area contributed by atoms with Crippen molar-refractivity contribution in [2.75, 3.05) is 6.61 Å². The van der Waals surface area contributed by atoms with Crippen molar-refractivity contribution in [2.24, 2.45) is 0 Å². The van der Waals surface area contributed by atoms with Crippen LogP contribution in [-0.2, 0) is 19.1 Å². The van der Waals surface area contributed by atoms with Crippen LogP contribution in [0.25, 0.3) is 0 Å². The van der Waals surface area contributed by atoms with Crippen LogP contribution in [-0.4, -0.2) is 18.5 Å². The van der Waals surface area contributed by atoms with Gasteiger partial charge < -0.3 is 9.47 Å². The highest BCUT2D eigenvalue weighted by atomic mass is 19.1. The molecule has 0 saturated heterocycles. The molecule has 0 saturated carbocycles. The van der Waals surface area contributed by atoms with Gasteiger partial charge in [-0.05, 0) is 25.5 Å². The lowest BCUT2D eigenvalue weighted by Gasteiger charge is -2.15. The Hall–Kier alpha value is -1.98. The molecule has 0 aliphatic rings. The molecule has 0 bridgehead atoms. The highest BCUT2D eigenvalue weighted by Crippen LogP contribution is 2.23. The van der Waals surface area contributed by atoms with E-state index in [9.17, 15) is 18.4 Å². The average Bonchev–Trinajstić information content (AvgIpc) is 2.56. The highest BCUT2D eigenvalue weighted by molar-refractivity contribution is 5.77. The molecule has 140 valence electrons. The van der Waals surface area contributed by atoms with E-state index >= 15 is 0 Å². The highest BCUT2D eigenvalue weighted by Gasteiger charge is 2.20. The van der Waals surface area contributed by atoms with Crippen molar-refractivity contribution in [3.63, 3.8) is 0 Å². The summed E-state index contributed by atoms with van der Waals surface area (Å²) in [5.41, 5.74) is -0.300. The van der Waals surface area contributed by atoms with Crippen molar-refractivity contribution < 1.29 is 27.8 Å². The van der Waals surface area contributed by atoms with Gasteiger partial charge >= 0.3 is 11.9 Å². The monoisotopic (exact) mass is 356 g/mol. The molecule has 1 atom stereocenters. The second-order valence-corrected chi connectivity index (χ2v) is 5.90. The standard InChI is InChI=1S/C19H26F2O4/c1-3-4-5-6-7-13-24-17(22)11-12-18(23)25-14(2)19-15(20)9-8-10-16(19)21/h8-10,14H,3-7,11-13H2,1-2H3. The largest absolute Gasteiger partial charge is 0.466 e. The first-order chi connectivity index (χ1) is 12.0. The number of benzene rings is 1. The van der Waals surface area contributed by atoms with Gasteiger partial charge in [-0.2, -0.15) is 0 Å². The summed E-state index contributed by atoms with van der Waals surface area (Å²) in [6.07, 6.45) is 3.88. The molecule has 0 spiro atoms. The van der Waals surface area contributed by atoms with E-state index in [0.717, 1.165) is 37.8 Å². The molecule has 6 heteroatoms. The Morgan fingerprint density at radius 2 is 1.60 bits per heavy atom. The van der Waals surface area contributed by atoms with Crippen LogP contribution in [0, 0.1) is 11.6 Å². The van der Waals surface area contributed by atoms with Gasteiger partial charge in [-0.25, -0.2) is 8.78 Å². The number of hydrogen-bond acceptors (Lipinski definition) is 4. The van der Waals surface area contributed by atoms with Crippen LogP contribution in [0.2, 0.25) is 0 Å². The summed E-state index contributed by atoms with van der Waals surface area (Å²) in [6, 6.07) is 3.43. The Kier molecular flexibility index (Phi) is 9.73. The van der Waals surface area contributed by atoms with E-state index < -0.39 is 29.7 Å². The molecule has 25 heavy (non-hydrogen) atoms. The van der Waals surface area contributed by atoms with Gasteiger partial charge in [0.15, 0.2) is 0 Å². The normalized spacial score (nSPS) is 11.8. The van der Waals surface area contributed by atoms with E-state index in [1.54, 1.807) is 0 Å². The molecule has 0 aromatic heterocycles. The van der Waals surface area contributed by atoms with E-state index in [-0.39, 0.29) is 18.4 Å². The Bertz CT molecular complexity index is 540. The zero-order valence-electron chi connectivity index (χ0n) is 14.9. The number of ether oxygens (including phenoxy) is 2. The topological polar surface area (TPSA) is 52.6 Å². The van der Waals surface area contributed by atoms with Crippen LogP contribution in [0.15, 0.2) is 18.2 Å². The van der Waals surface area contributed by atoms with Crippen LogP contribution in [0.5, 0.6) is 0 Å². The molecule has 4 nitrogen and oxygen atoms in total. The Labute approximate surface area is 147 Å². The number of esters is 2. The molecule has 0 radical (unpaired) electrons. The number of hydrogen-bond donors (Lipinski definition) is 0. The predicted octanol–water partition coefficient (Wildman–Crippen LogP) is 4.86. The first-order valence-corrected chi connectivity index (χ1v) is 8.74. The van der Waals surface area contributed by atoms with E-state index in [1.807, 2.05) is 0 Å². The molecule has 1 aromatic rings. The third-order valence-electron chi connectivity index (χ3n) is 3.76. The van der Waals surface area contributed by atoms with Gasteiger partial charge in [-0.3, -0.25) is 9.59 Å². The van der Waals surface area contributed by atoms with Crippen molar-refractivity contribution in [2.45, 2.75) is 64.9 Å². The number of carbonyl (C=O) groups is 2. The molecule has 0 fully saturated rings. The van der Waals surface area contributed by atoms with Crippen molar-refractivity contribution >= 4 is 11.9 Å². The van der Waals surface area contributed by atoms with Gasteiger partial charge in [0.25, 0.3) is 0 Å². The van der Waals surface area contributed by atoms with Crippen molar-refractivity contribution in [3.8, 4) is 0 Å². The van der Waals surface area contributed by atoms with Crippen LogP contribution in [0.1, 0.15) is 70.5 Å². The summed E-state index contributed by atoms with van der Waals surface area (Å²) in [5.74, 6) is -2.72. The average molecular weight is 356 g/mol. The molecule has 0 heterocycles. The lowest BCUT2D eigenvalue weighted by atomic mass is 10.1. The second-order valence-electron chi connectivity index (χ2n) is 5.90. The Morgan fingerprint density at radius 3 is 2.24 bits per heavy atom. The summed E-state index contributed by atoms with van der Waals surface area (Å²) < 4.78 is 37.2. The third-order valence-corrected chi connectivity index (χ3v) is 3.76. The fourth-order valence-corrected chi connectivity index (χ4v) is 2.38. The molecule has 0 N–H and O–H groups in total. The van der Waals surface area contributed by atoms with Gasteiger partial charge in [0.2, 0.25) is 0 Å². The molecular formula is C19H26F2O4. The van der Waals surface area contributed by atoms with Crippen LogP contribution in [0.4, 0.5) is 8.78 Å². The lowest BCUT2D eigenvalue weighted by Crippen LogP contribution is -2.14. The SMILES string of the molecule is CCCCCCCOC(=O)CCC(=O)OC(C)c1c(F)cccc1F. The first kappa shape index (κ1) is 21.1. The maximum atomic E-state index is 13.6. The summed E-state index contributed by atoms with van der Waals surface area (Å²) in [5, 5.41) is 0. The zero-order chi connectivity index (χ0) is 18.7. The van der Waals surface area contributed by atoms with E-state index in [2.05, 4.69) is 6.92 Å². The zero-order valence-corrected chi connectivity index (χ0v) is 14.9. The quantitative estimate of drug-likeness (QED) is 0.420. The summed E-state index contributed by atoms with van der Waals surface area (Å²) >= 11 is 0. The minimum Gasteiger partial charge on any atom is -0.466 e. The number of rotatable bonds is 11. The predicted molar refractivity (Wildman–Crippen MR) is 89.8 cm³/mol. The fraction of sp³-hybridized carbons (Fsp3) is 0.579. The molecule has 0 aliphatic carbocycles. The molecule has 1 rings (SSSR count). The maximum absolute atomic E-state index is 13.6. The van der Waals surface area contributed by atoms with Gasteiger partial charge in [0, 0.05) is 0 Å². The van der Waals surface area contributed by atoms with E-state index in [1.165, 1.54) is 19.4 Å². The molecular weight excluding hydrogens is 330 g/mol. The number of unbranched alkanes of at least 4 members (excludes halogenated alkanes) is 4. The van der Waals surface area contributed by atoms with Crippen molar-refractivity contribution in [1.29, 1.82) is 0 Å². The lowest BCUT2D eigenvalue weighted by molar-refractivity contribution is -0.153. The number of halogens is 2. The maximum Gasteiger partial charge on any atom is 0.306 e. The summed E-state index contributed by atoms with van der Waals surface area (Å²) in [7, 11) is 0. The molecule has 0 amide bonds. The fourth-order valence-electron chi connectivity index (χ4n) is 2.38. The minimum absolute atomic E-state index is 0.111. The van der Waals surface area contributed by atoms with Crippen molar-refractivity contribution in [3.05, 3.63) is 35.4 Å². The Balaban J connectivity index is 2.27. The number of carbonyl (C=O) groups excluding carboxylic acids is 2. The van der Waals surface area contributed by atoms with E-state index in [0.29, 0.717) is 6.61 Å². The van der Waals surface area contributed by atoms with Gasteiger partial charge in [-0.15, -0.1) is 0 Å². The van der Waals surface area contributed by atoms with E-state index in [4.69, 9.17) is 9.47 Å². The molecule has 1 aromatic carbocycles. The summed E-state index contributed by atoms with van der Waals surface area (Å²) in [6.45, 7) is 3.85. The van der Waals surface area contributed by atoms with Gasteiger partial charge in [-0.1, -0.05) is 38.7 Å². The Morgan fingerprint density at radius 1 is 1.00 bits per heavy atom. The molecule has 0 aliphatic heterocycles. The van der Waals surface area contributed by atoms with Crippen molar-refractivity contribution in [1.82, 2.24) is 0 Å². The minimum atomic E-state index is -1.07.